The monoisotopic (exact) mass is 235 g/mol. The third-order valence-electron chi connectivity index (χ3n) is 1.63. The molecule has 0 saturated heterocycles. The Morgan fingerprint density at radius 3 is 2.87 bits per heavy atom. The maximum atomic E-state index is 12.5. The third-order valence-corrected chi connectivity index (χ3v) is 1.84. The fourth-order valence-corrected chi connectivity index (χ4v) is 1.16. The number of pyridine rings is 1. The number of carbonyl (C=O) groups excluding carboxylic acids is 1. The van der Waals surface area contributed by atoms with E-state index < -0.39 is 18.0 Å². The highest BCUT2D eigenvalue weighted by molar-refractivity contribution is 6.29. The molecule has 0 N–H and O–H groups in total. The molecule has 0 aliphatic rings. The zero-order chi connectivity index (χ0) is 11.4. The molecule has 0 aliphatic heterocycles. The average molecular weight is 236 g/mol. The van der Waals surface area contributed by atoms with Gasteiger partial charge >= 0.3 is 5.97 Å². The van der Waals surface area contributed by atoms with Crippen LogP contribution >= 0.6 is 11.6 Å². The van der Waals surface area contributed by atoms with Crippen LogP contribution in [0.2, 0.25) is 5.15 Å². The second-order valence-electron chi connectivity index (χ2n) is 2.62. The summed E-state index contributed by atoms with van der Waals surface area (Å²) in [5, 5.41) is -0.0255. The molecule has 1 heterocycles. The summed E-state index contributed by atoms with van der Waals surface area (Å²) in [5.41, 5.74) is -0.718. The van der Waals surface area contributed by atoms with Crippen molar-refractivity contribution in [2.45, 2.75) is 13.3 Å². The van der Waals surface area contributed by atoms with E-state index in [1.807, 2.05) is 0 Å². The first-order chi connectivity index (χ1) is 7.06. The number of esters is 1. The van der Waals surface area contributed by atoms with Crippen LogP contribution in [-0.4, -0.2) is 17.6 Å². The van der Waals surface area contributed by atoms with E-state index in [0.717, 1.165) is 12.3 Å². The van der Waals surface area contributed by atoms with Gasteiger partial charge in [0.15, 0.2) is 0 Å². The number of alkyl halides is 2. The Labute approximate surface area is 90.0 Å². The number of hydrogen-bond acceptors (Lipinski definition) is 3. The van der Waals surface area contributed by atoms with E-state index in [0.29, 0.717) is 0 Å². The van der Waals surface area contributed by atoms with Gasteiger partial charge in [0.1, 0.15) is 5.15 Å². The number of carbonyl (C=O) groups is 1. The van der Waals surface area contributed by atoms with Crippen LogP contribution in [0.1, 0.15) is 29.3 Å². The van der Waals surface area contributed by atoms with Crippen molar-refractivity contribution in [3.63, 3.8) is 0 Å². The molecule has 1 aromatic rings. The molecule has 0 aromatic carbocycles. The van der Waals surface area contributed by atoms with Crippen molar-refractivity contribution in [1.29, 1.82) is 0 Å². The molecule has 1 aromatic heterocycles. The Morgan fingerprint density at radius 1 is 1.67 bits per heavy atom. The Hall–Kier alpha value is -1.23. The van der Waals surface area contributed by atoms with Gasteiger partial charge in [-0.15, -0.1) is 0 Å². The largest absolute Gasteiger partial charge is 0.462 e. The predicted molar refractivity (Wildman–Crippen MR) is 50.2 cm³/mol. The van der Waals surface area contributed by atoms with Crippen LogP contribution in [0.5, 0.6) is 0 Å². The number of ether oxygens (including phenoxy) is 1. The second kappa shape index (κ2) is 5.02. The molecule has 1 rings (SSSR count). The van der Waals surface area contributed by atoms with Crippen molar-refractivity contribution >= 4 is 17.6 Å². The predicted octanol–water partition coefficient (Wildman–Crippen LogP) is 2.85. The summed E-state index contributed by atoms with van der Waals surface area (Å²) < 4.78 is 29.6. The van der Waals surface area contributed by atoms with Crippen LogP contribution < -0.4 is 0 Å². The standard InChI is InChI=1S/C9H8ClF2NO2/c1-2-15-9(14)5-3-7(10)13-4-6(5)8(11)12/h3-4,8H,2H2,1H3. The SMILES string of the molecule is CCOC(=O)c1cc(Cl)ncc1C(F)F. The molecule has 0 unspecified atom stereocenters. The van der Waals surface area contributed by atoms with E-state index in [1.165, 1.54) is 0 Å². The second-order valence-corrected chi connectivity index (χ2v) is 3.00. The molecule has 0 aliphatic carbocycles. The van der Waals surface area contributed by atoms with E-state index >= 15 is 0 Å². The van der Waals surface area contributed by atoms with Gasteiger partial charge in [0.25, 0.3) is 6.43 Å². The van der Waals surface area contributed by atoms with Gasteiger partial charge in [-0.2, -0.15) is 0 Å². The highest BCUT2D eigenvalue weighted by Gasteiger charge is 2.20. The average Bonchev–Trinajstić information content (AvgIpc) is 2.17. The first-order valence-corrected chi connectivity index (χ1v) is 4.54. The van der Waals surface area contributed by atoms with Gasteiger partial charge in [-0.1, -0.05) is 11.6 Å². The quantitative estimate of drug-likeness (QED) is 0.597. The highest BCUT2D eigenvalue weighted by atomic mass is 35.5. The van der Waals surface area contributed by atoms with Gasteiger partial charge in [0, 0.05) is 6.20 Å². The van der Waals surface area contributed by atoms with Gasteiger partial charge < -0.3 is 4.74 Å². The molecule has 0 fully saturated rings. The Kier molecular flexibility index (Phi) is 3.96. The molecular formula is C9H8ClF2NO2. The summed E-state index contributed by atoms with van der Waals surface area (Å²) in [4.78, 5) is 14.8. The summed E-state index contributed by atoms with van der Waals surface area (Å²) >= 11 is 5.50. The Morgan fingerprint density at radius 2 is 2.33 bits per heavy atom. The minimum atomic E-state index is -2.78. The van der Waals surface area contributed by atoms with E-state index in [2.05, 4.69) is 9.72 Å². The molecule has 3 nitrogen and oxygen atoms in total. The lowest BCUT2D eigenvalue weighted by molar-refractivity contribution is 0.0515. The lowest BCUT2D eigenvalue weighted by Gasteiger charge is -2.07. The fourth-order valence-electron chi connectivity index (χ4n) is 1.000. The number of rotatable bonds is 3. The topological polar surface area (TPSA) is 39.2 Å². The van der Waals surface area contributed by atoms with Gasteiger partial charge in [0.2, 0.25) is 0 Å². The highest BCUT2D eigenvalue weighted by Crippen LogP contribution is 2.24. The molecule has 0 amide bonds. The maximum absolute atomic E-state index is 12.5. The van der Waals surface area contributed by atoms with E-state index in [9.17, 15) is 13.6 Å². The number of aromatic nitrogens is 1. The number of nitrogens with zero attached hydrogens (tertiary/aromatic N) is 1. The van der Waals surface area contributed by atoms with Gasteiger partial charge in [-0.25, -0.2) is 18.6 Å². The first-order valence-electron chi connectivity index (χ1n) is 4.17. The van der Waals surface area contributed by atoms with Crippen molar-refractivity contribution in [1.82, 2.24) is 4.98 Å². The molecule has 0 bridgehead atoms. The van der Waals surface area contributed by atoms with Crippen molar-refractivity contribution < 1.29 is 18.3 Å². The minimum absolute atomic E-state index is 0.0255. The lowest BCUT2D eigenvalue weighted by atomic mass is 10.1. The molecule has 0 spiro atoms. The van der Waals surface area contributed by atoms with Crippen LogP contribution in [0.4, 0.5) is 8.78 Å². The molecule has 0 saturated carbocycles. The van der Waals surface area contributed by atoms with Gasteiger partial charge in [0.05, 0.1) is 17.7 Å². The van der Waals surface area contributed by atoms with Crippen molar-refractivity contribution in [2.75, 3.05) is 6.61 Å². The lowest BCUT2D eigenvalue weighted by Crippen LogP contribution is -2.09. The normalized spacial score (nSPS) is 10.5. The molecule has 15 heavy (non-hydrogen) atoms. The molecule has 6 heteroatoms. The van der Waals surface area contributed by atoms with E-state index in [4.69, 9.17) is 11.6 Å². The first kappa shape index (κ1) is 11.8. The molecule has 0 radical (unpaired) electrons. The summed E-state index contributed by atoms with van der Waals surface area (Å²) in [7, 11) is 0. The van der Waals surface area contributed by atoms with Crippen molar-refractivity contribution in [2.24, 2.45) is 0 Å². The smallest absolute Gasteiger partial charge is 0.338 e. The third kappa shape index (κ3) is 2.86. The van der Waals surface area contributed by atoms with Crippen LogP contribution in [0, 0.1) is 0 Å². The van der Waals surface area contributed by atoms with Crippen LogP contribution in [0.15, 0.2) is 12.3 Å². The molecule has 0 atom stereocenters. The Bertz CT molecular complexity index is 371. The van der Waals surface area contributed by atoms with Gasteiger partial charge in [-0.05, 0) is 13.0 Å². The van der Waals surface area contributed by atoms with Gasteiger partial charge in [-0.3, -0.25) is 0 Å². The Balaban J connectivity index is 3.12. The number of hydrogen-bond donors (Lipinski definition) is 0. The summed E-state index contributed by atoms with van der Waals surface area (Å²) in [6.07, 6.45) is -1.91. The number of halogens is 3. The molecular weight excluding hydrogens is 228 g/mol. The summed E-state index contributed by atoms with van der Waals surface area (Å²) in [6.45, 7) is 1.70. The van der Waals surface area contributed by atoms with E-state index in [-0.39, 0.29) is 17.3 Å². The zero-order valence-corrected chi connectivity index (χ0v) is 8.59. The van der Waals surface area contributed by atoms with E-state index in [1.54, 1.807) is 6.92 Å². The minimum Gasteiger partial charge on any atom is -0.462 e. The fraction of sp³-hybridized carbons (Fsp3) is 0.333. The van der Waals surface area contributed by atoms with Crippen LogP contribution in [0.3, 0.4) is 0 Å². The summed E-state index contributed by atoms with van der Waals surface area (Å²) in [6, 6.07) is 1.07. The summed E-state index contributed by atoms with van der Waals surface area (Å²) in [5.74, 6) is -0.822. The van der Waals surface area contributed by atoms with Crippen molar-refractivity contribution in [3.8, 4) is 0 Å². The maximum Gasteiger partial charge on any atom is 0.338 e. The van der Waals surface area contributed by atoms with Crippen LogP contribution in [-0.2, 0) is 4.74 Å². The zero-order valence-electron chi connectivity index (χ0n) is 7.84. The van der Waals surface area contributed by atoms with Crippen molar-refractivity contribution in [3.05, 3.63) is 28.5 Å². The van der Waals surface area contributed by atoms with Crippen LogP contribution in [0.25, 0.3) is 0 Å². The molecule has 82 valence electrons.